The van der Waals surface area contributed by atoms with Crippen molar-refractivity contribution >= 4 is 23.2 Å². The third-order valence-corrected chi connectivity index (χ3v) is 4.46. The lowest BCUT2D eigenvalue weighted by Crippen LogP contribution is -2.32. The molecule has 0 saturated carbocycles. The average Bonchev–Trinajstić information content (AvgIpc) is 2.34. The van der Waals surface area contributed by atoms with Gasteiger partial charge in [-0.3, -0.25) is 0 Å². The van der Waals surface area contributed by atoms with Gasteiger partial charge in [0.1, 0.15) is 5.82 Å². The van der Waals surface area contributed by atoms with Crippen LogP contribution in [0.5, 0.6) is 0 Å². The van der Waals surface area contributed by atoms with Crippen molar-refractivity contribution in [2.75, 3.05) is 13.2 Å². The van der Waals surface area contributed by atoms with Crippen molar-refractivity contribution in [2.24, 2.45) is 11.8 Å². The lowest BCUT2D eigenvalue weighted by atomic mass is 9.84. The highest BCUT2D eigenvalue weighted by atomic mass is 35.5. The molecule has 1 heterocycles. The van der Waals surface area contributed by atoms with Crippen LogP contribution in [0.1, 0.15) is 18.9 Å². The van der Waals surface area contributed by atoms with Crippen molar-refractivity contribution in [1.29, 1.82) is 0 Å². The van der Waals surface area contributed by atoms with E-state index in [1.807, 2.05) is 0 Å². The number of benzene rings is 1. The van der Waals surface area contributed by atoms with Crippen molar-refractivity contribution in [3.05, 3.63) is 34.6 Å². The van der Waals surface area contributed by atoms with Crippen LogP contribution in [0.2, 0.25) is 5.02 Å². The first-order valence-corrected chi connectivity index (χ1v) is 7.05. The molecule has 1 fully saturated rings. The Kier molecular flexibility index (Phi) is 4.88. The highest BCUT2D eigenvalue weighted by Gasteiger charge is 2.29. The number of hydrogen-bond donors (Lipinski definition) is 0. The van der Waals surface area contributed by atoms with Gasteiger partial charge in [-0.25, -0.2) is 4.39 Å². The molecule has 1 nitrogen and oxygen atoms in total. The molecule has 100 valence electrons. The van der Waals surface area contributed by atoms with Crippen LogP contribution in [-0.2, 0) is 11.2 Å². The fraction of sp³-hybridized carbons (Fsp3) is 0.571. The van der Waals surface area contributed by atoms with Gasteiger partial charge in [0.2, 0.25) is 0 Å². The van der Waals surface area contributed by atoms with E-state index in [0.717, 1.165) is 19.6 Å². The van der Waals surface area contributed by atoms with Gasteiger partial charge in [-0.15, -0.1) is 11.6 Å². The first-order chi connectivity index (χ1) is 8.59. The summed E-state index contributed by atoms with van der Waals surface area (Å²) in [6, 6.07) is 4.75. The molecule has 0 radical (unpaired) electrons. The molecule has 0 spiro atoms. The fourth-order valence-electron chi connectivity index (χ4n) is 2.51. The maximum Gasteiger partial charge on any atom is 0.127 e. The predicted molar refractivity (Wildman–Crippen MR) is 72.8 cm³/mol. The van der Waals surface area contributed by atoms with Crippen LogP contribution in [0.15, 0.2) is 18.2 Å². The summed E-state index contributed by atoms with van der Waals surface area (Å²) in [5, 5.41) is 0.360. The number of alkyl halides is 1. The Labute approximate surface area is 117 Å². The van der Waals surface area contributed by atoms with Gasteiger partial charge in [-0.1, -0.05) is 24.6 Å². The van der Waals surface area contributed by atoms with Gasteiger partial charge in [0.15, 0.2) is 0 Å². The molecule has 0 N–H and O–H groups in total. The summed E-state index contributed by atoms with van der Waals surface area (Å²) in [6.45, 7) is 3.60. The largest absolute Gasteiger partial charge is 0.381 e. The van der Waals surface area contributed by atoms with Gasteiger partial charge >= 0.3 is 0 Å². The first kappa shape index (κ1) is 14.1. The van der Waals surface area contributed by atoms with Crippen LogP contribution < -0.4 is 0 Å². The van der Waals surface area contributed by atoms with Gasteiger partial charge in [-0.2, -0.15) is 0 Å². The Morgan fingerprint density at radius 3 is 2.94 bits per heavy atom. The topological polar surface area (TPSA) is 9.23 Å². The zero-order valence-corrected chi connectivity index (χ0v) is 11.8. The smallest absolute Gasteiger partial charge is 0.127 e. The molecule has 0 amide bonds. The van der Waals surface area contributed by atoms with Crippen LogP contribution in [-0.4, -0.2) is 18.6 Å². The highest BCUT2D eigenvalue weighted by molar-refractivity contribution is 6.31. The average molecular weight is 291 g/mol. The Morgan fingerprint density at radius 1 is 1.50 bits per heavy atom. The Morgan fingerprint density at radius 2 is 2.28 bits per heavy atom. The Bertz CT molecular complexity index is 391. The molecule has 0 aromatic heterocycles. The maximum atomic E-state index is 13.7. The molecule has 3 atom stereocenters. The summed E-state index contributed by atoms with van der Waals surface area (Å²) < 4.78 is 19.1. The third-order valence-electron chi connectivity index (χ3n) is 3.63. The molecule has 1 aliphatic heterocycles. The number of halogens is 3. The molecule has 0 aliphatic carbocycles. The summed E-state index contributed by atoms with van der Waals surface area (Å²) in [4.78, 5) is 0. The minimum atomic E-state index is -0.270. The molecule has 1 aliphatic rings. The Balaban J connectivity index is 2.08. The van der Waals surface area contributed by atoms with Crippen LogP contribution in [0.4, 0.5) is 4.39 Å². The summed E-state index contributed by atoms with van der Waals surface area (Å²) in [5.74, 6) is 0.496. The van der Waals surface area contributed by atoms with E-state index in [1.54, 1.807) is 12.1 Å². The molecule has 1 aromatic rings. The first-order valence-electron chi connectivity index (χ1n) is 6.24. The quantitative estimate of drug-likeness (QED) is 0.754. The molecule has 1 saturated heterocycles. The molecular weight excluding hydrogens is 274 g/mol. The second-order valence-electron chi connectivity index (χ2n) is 4.93. The number of hydrogen-bond acceptors (Lipinski definition) is 1. The highest BCUT2D eigenvalue weighted by Crippen LogP contribution is 2.32. The fourth-order valence-corrected chi connectivity index (χ4v) is 3.28. The van der Waals surface area contributed by atoms with Gasteiger partial charge < -0.3 is 4.74 Å². The normalized spacial score (nSPS) is 26.0. The third kappa shape index (κ3) is 3.17. The van der Waals surface area contributed by atoms with Crippen LogP contribution in [0, 0.1) is 17.7 Å². The standard InChI is InChI=1S/C14H17Cl2FO/c1-9-8-18-6-5-10(9)13(16)7-11-12(15)3-2-4-14(11)17/h2-4,9-10,13H,5-8H2,1H3. The van der Waals surface area contributed by atoms with Crippen molar-refractivity contribution in [3.8, 4) is 0 Å². The maximum absolute atomic E-state index is 13.7. The summed E-state index contributed by atoms with van der Waals surface area (Å²) in [7, 11) is 0. The summed E-state index contributed by atoms with van der Waals surface area (Å²) in [5.41, 5.74) is 0.526. The van der Waals surface area contributed by atoms with E-state index >= 15 is 0 Å². The van der Waals surface area contributed by atoms with Gasteiger partial charge in [-0.05, 0) is 36.8 Å². The Hall–Kier alpha value is -0.310. The molecule has 1 aromatic carbocycles. The van der Waals surface area contributed by atoms with E-state index in [4.69, 9.17) is 27.9 Å². The van der Waals surface area contributed by atoms with Crippen molar-refractivity contribution < 1.29 is 9.13 Å². The zero-order valence-electron chi connectivity index (χ0n) is 10.3. The van der Waals surface area contributed by atoms with Gasteiger partial charge in [0, 0.05) is 29.2 Å². The number of rotatable bonds is 3. The minimum Gasteiger partial charge on any atom is -0.381 e. The molecule has 3 unspecified atom stereocenters. The second kappa shape index (κ2) is 6.23. The summed E-state index contributed by atoms with van der Waals surface area (Å²) >= 11 is 12.5. The van der Waals surface area contributed by atoms with E-state index in [9.17, 15) is 4.39 Å². The van der Waals surface area contributed by atoms with Crippen molar-refractivity contribution in [1.82, 2.24) is 0 Å². The lowest BCUT2D eigenvalue weighted by molar-refractivity contribution is 0.0229. The van der Waals surface area contributed by atoms with E-state index in [-0.39, 0.29) is 11.2 Å². The summed E-state index contributed by atoms with van der Waals surface area (Å²) in [6.07, 6.45) is 1.41. The SMILES string of the molecule is CC1COCCC1C(Cl)Cc1c(F)cccc1Cl. The predicted octanol–water partition coefficient (Wildman–Crippen LogP) is 4.30. The van der Waals surface area contributed by atoms with Crippen LogP contribution in [0.3, 0.4) is 0 Å². The lowest BCUT2D eigenvalue weighted by Gasteiger charge is -2.32. The van der Waals surface area contributed by atoms with Crippen LogP contribution in [0.25, 0.3) is 0 Å². The van der Waals surface area contributed by atoms with E-state index in [0.29, 0.717) is 28.8 Å². The monoisotopic (exact) mass is 290 g/mol. The zero-order chi connectivity index (χ0) is 13.1. The molecule has 0 bridgehead atoms. The second-order valence-corrected chi connectivity index (χ2v) is 5.89. The molecule has 18 heavy (non-hydrogen) atoms. The van der Waals surface area contributed by atoms with E-state index < -0.39 is 0 Å². The molecule has 4 heteroatoms. The van der Waals surface area contributed by atoms with Crippen molar-refractivity contribution in [2.45, 2.75) is 25.1 Å². The van der Waals surface area contributed by atoms with E-state index in [1.165, 1.54) is 6.07 Å². The molecule has 2 rings (SSSR count). The minimum absolute atomic E-state index is 0.0988. The van der Waals surface area contributed by atoms with Gasteiger partial charge in [0.05, 0.1) is 0 Å². The van der Waals surface area contributed by atoms with E-state index in [2.05, 4.69) is 6.92 Å². The van der Waals surface area contributed by atoms with Crippen LogP contribution >= 0.6 is 23.2 Å². The van der Waals surface area contributed by atoms with Gasteiger partial charge in [0.25, 0.3) is 0 Å². The molecular formula is C14H17Cl2FO. The number of ether oxygens (including phenoxy) is 1. The van der Waals surface area contributed by atoms with Crippen molar-refractivity contribution in [3.63, 3.8) is 0 Å².